The van der Waals surface area contributed by atoms with Crippen molar-refractivity contribution in [3.8, 4) is 0 Å². The Morgan fingerprint density at radius 2 is 0.506 bits per heavy atom. The number of allylic oxidation sites excluding steroid dienone is 22. The number of hydrogen-bond acceptors (Lipinski definition) is 6. The van der Waals surface area contributed by atoms with Crippen LogP contribution in [0.5, 0.6) is 0 Å². The molecule has 0 aromatic carbocycles. The number of carbonyl (C=O) groups is 3. The number of unbranched alkanes of at least 4 members (excludes halogenated alkanes) is 23. The van der Waals surface area contributed by atoms with Crippen molar-refractivity contribution < 1.29 is 28.6 Å². The van der Waals surface area contributed by atoms with Gasteiger partial charge in [0, 0.05) is 19.3 Å². The average Bonchev–Trinajstić information content (AvgIpc) is 3.43. The fourth-order valence-corrected chi connectivity index (χ4v) is 8.43. The fourth-order valence-electron chi connectivity index (χ4n) is 8.43. The smallest absolute Gasteiger partial charge is 0.306 e. The lowest BCUT2D eigenvalue weighted by Gasteiger charge is -2.18. The van der Waals surface area contributed by atoms with Crippen LogP contribution in [0.2, 0.25) is 0 Å². The maximum atomic E-state index is 12.9. The van der Waals surface area contributed by atoms with Gasteiger partial charge < -0.3 is 14.2 Å². The molecule has 0 fully saturated rings. The Labute approximate surface area is 475 Å². The van der Waals surface area contributed by atoms with Crippen molar-refractivity contribution in [1.29, 1.82) is 0 Å². The third kappa shape index (κ3) is 62.3. The van der Waals surface area contributed by atoms with Crippen molar-refractivity contribution in [2.75, 3.05) is 13.2 Å². The van der Waals surface area contributed by atoms with Gasteiger partial charge in [0.2, 0.25) is 0 Å². The van der Waals surface area contributed by atoms with Gasteiger partial charge in [-0.25, -0.2) is 0 Å². The van der Waals surface area contributed by atoms with Gasteiger partial charge >= 0.3 is 17.9 Å². The maximum Gasteiger partial charge on any atom is 0.306 e. The quantitative estimate of drug-likeness (QED) is 0.0261. The van der Waals surface area contributed by atoms with E-state index in [1.54, 1.807) is 0 Å². The SMILES string of the molecule is CC/C=C\C/C=C\C/C=C\C/C=C\C/C=C\C/C=C\CCCCC(=O)OC(COC(=O)CCCCC/C=C\C/C=C\C/C=C\CC)COC(=O)CCCCCCCCCCCCCCC/C=C\C/C=C\CCCCCCC. The summed E-state index contributed by atoms with van der Waals surface area (Å²) in [6.07, 6.45) is 90.4. The standard InChI is InChI=1S/C71H116O6/c1-4-7-10-13-16-19-22-25-27-29-31-33-34-35-36-38-39-41-43-46-49-52-55-58-61-64-70(73)76-67-68(66-75-69(72)63-60-57-54-51-48-45-24-21-18-15-12-9-6-3)77-71(74)65-62-59-56-53-50-47-44-42-40-37-32-30-28-26-23-20-17-14-11-8-5-2/h8-9,11-12,17-18,20-22,25-26,28-29,31-32,37,42,44-45,48,50,53,68H,4-7,10,13-16,19,23-24,27,30,33-36,38-41,43,46-47,49,51-52,54-67H2,1-3H3/b11-8-,12-9-,20-17-,21-18-,25-22-,28-26-,31-29-,37-32-,44-42-,48-45-,53-50-. The lowest BCUT2D eigenvalue weighted by atomic mass is 10.0. The summed E-state index contributed by atoms with van der Waals surface area (Å²) in [5.74, 6) is -0.984. The van der Waals surface area contributed by atoms with E-state index >= 15 is 0 Å². The molecule has 0 aromatic rings. The van der Waals surface area contributed by atoms with E-state index in [1.807, 2.05) is 0 Å². The predicted octanol–water partition coefficient (Wildman–Crippen LogP) is 21.8. The maximum absolute atomic E-state index is 12.9. The summed E-state index contributed by atoms with van der Waals surface area (Å²) in [4.78, 5) is 38.3. The van der Waals surface area contributed by atoms with Crippen molar-refractivity contribution in [3.05, 3.63) is 134 Å². The monoisotopic (exact) mass is 1060 g/mol. The van der Waals surface area contributed by atoms with Gasteiger partial charge in [-0.1, -0.05) is 257 Å². The summed E-state index contributed by atoms with van der Waals surface area (Å²) in [6, 6.07) is 0. The first-order valence-electron chi connectivity index (χ1n) is 31.7. The largest absolute Gasteiger partial charge is 0.462 e. The first-order valence-corrected chi connectivity index (χ1v) is 31.7. The van der Waals surface area contributed by atoms with Crippen molar-refractivity contribution in [3.63, 3.8) is 0 Å². The Morgan fingerprint density at radius 1 is 0.273 bits per heavy atom. The zero-order valence-corrected chi connectivity index (χ0v) is 49.9. The highest BCUT2D eigenvalue weighted by molar-refractivity contribution is 5.71. The van der Waals surface area contributed by atoms with Gasteiger partial charge in [0.05, 0.1) is 0 Å². The van der Waals surface area contributed by atoms with Gasteiger partial charge in [-0.05, 0) is 135 Å². The van der Waals surface area contributed by atoms with Crippen LogP contribution in [-0.4, -0.2) is 37.2 Å². The molecule has 0 aliphatic carbocycles. The molecule has 0 heterocycles. The Bertz CT molecular complexity index is 1650. The summed E-state index contributed by atoms with van der Waals surface area (Å²) in [7, 11) is 0. The van der Waals surface area contributed by atoms with E-state index in [1.165, 1.54) is 109 Å². The molecule has 1 atom stereocenters. The summed E-state index contributed by atoms with van der Waals surface area (Å²) in [6.45, 7) is 6.35. The molecule has 0 saturated carbocycles. The van der Waals surface area contributed by atoms with Crippen molar-refractivity contribution in [2.24, 2.45) is 0 Å². The molecule has 0 aliphatic heterocycles. The predicted molar refractivity (Wildman–Crippen MR) is 334 cm³/mol. The number of rotatable bonds is 56. The average molecular weight is 1070 g/mol. The molecule has 436 valence electrons. The number of carbonyl (C=O) groups excluding carboxylic acids is 3. The zero-order chi connectivity index (χ0) is 55.7. The molecule has 0 N–H and O–H groups in total. The number of hydrogen-bond donors (Lipinski definition) is 0. The molecule has 0 aromatic heterocycles. The van der Waals surface area contributed by atoms with E-state index in [9.17, 15) is 14.4 Å². The van der Waals surface area contributed by atoms with Crippen LogP contribution in [0.25, 0.3) is 0 Å². The van der Waals surface area contributed by atoms with Gasteiger partial charge in [0.25, 0.3) is 0 Å². The lowest BCUT2D eigenvalue weighted by molar-refractivity contribution is -0.167. The number of ether oxygens (including phenoxy) is 3. The van der Waals surface area contributed by atoms with Crippen LogP contribution in [0.15, 0.2) is 134 Å². The molecule has 0 bridgehead atoms. The third-order valence-electron chi connectivity index (χ3n) is 13.1. The van der Waals surface area contributed by atoms with Crippen molar-refractivity contribution >= 4 is 17.9 Å². The molecule has 0 rings (SSSR count). The van der Waals surface area contributed by atoms with E-state index in [0.29, 0.717) is 19.3 Å². The molecular formula is C71H116O6. The van der Waals surface area contributed by atoms with Crippen molar-refractivity contribution in [1.82, 2.24) is 0 Å². The van der Waals surface area contributed by atoms with E-state index in [0.717, 1.165) is 122 Å². The molecule has 0 aliphatic rings. The van der Waals surface area contributed by atoms with Gasteiger partial charge in [-0.2, -0.15) is 0 Å². The van der Waals surface area contributed by atoms with E-state index < -0.39 is 6.10 Å². The van der Waals surface area contributed by atoms with Crippen LogP contribution in [0.4, 0.5) is 0 Å². The van der Waals surface area contributed by atoms with Crippen LogP contribution in [0, 0.1) is 0 Å². The molecule has 0 spiro atoms. The van der Waals surface area contributed by atoms with Crippen LogP contribution in [-0.2, 0) is 28.6 Å². The topological polar surface area (TPSA) is 78.9 Å². The summed E-state index contributed by atoms with van der Waals surface area (Å²) < 4.78 is 16.8. The van der Waals surface area contributed by atoms with E-state index in [4.69, 9.17) is 14.2 Å². The Balaban J connectivity index is 4.42. The minimum atomic E-state index is -0.819. The minimum absolute atomic E-state index is 0.109. The van der Waals surface area contributed by atoms with Crippen LogP contribution < -0.4 is 0 Å². The summed E-state index contributed by atoms with van der Waals surface area (Å²) >= 11 is 0. The normalized spacial score (nSPS) is 13.0. The van der Waals surface area contributed by atoms with E-state index in [-0.39, 0.29) is 37.5 Å². The van der Waals surface area contributed by atoms with Crippen LogP contribution >= 0.6 is 0 Å². The molecule has 1 unspecified atom stereocenters. The number of esters is 3. The molecular weight excluding hydrogens is 949 g/mol. The van der Waals surface area contributed by atoms with Crippen LogP contribution in [0.3, 0.4) is 0 Å². The van der Waals surface area contributed by atoms with Gasteiger partial charge in [0.15, 0.2) is 6.10 Å². The Hall–Kier alpha value is -4.45. The second-order valence-corrected chi connectivity index (χ2v) is 20.5. The zero-order valence-electron chi connectivity index (χ0n) is 49.9. The third-order valence-corrected chi connectivity index (χ3v) is 13.1. The second kappa shape index (κ2) is 64.1. The van der Waals surface area contributed by atoms with Crippen LogP contribution in [0.1, 0.15) is 278 Å². The molecule has 77 heavy (non-hydrogen) atoms. The Morgan fingerprint density at radius 3 is 0.831 bits per heavy atom. The first kappa shape index (κ1) is 72.5. The molecule has 6 nitrogen and oxygen atoms in total. The first-order chi connectivity index (χ1) is 38.0. The molecule has 6 heteroatoms. The highest BCUT2D eigenvalue weighted by atomic mass is 16.6. The fraction of sp³-hybridized carbons (Fsp3) is 0.648. The molecule has 0 radical (unpaired) electrons. The summed E-state index contributed by atoms with van der Waals surface area (Å²) in [5.41, 5.74) is 0. The van der Waals surface area contributed by atoms with Gasteiger partial charge in [0.1, 0.15) is 13.2 Å². The Kier molecular flexibility index (Phi) is 60.4. The summed E-state index contributed by atoms with van der Waals surface area (Å²) in [5, 5.41) is 0. The highest BCUT2D eigenvalue weighted by Crippen LogP contribution is 2.15. The highest BCUT2D eigenvalue weighted by Gasteiger charge is 2.19. The minimum Gasteiger partial charge on any atom is -0.462 e. The van der Waals surface area contributed by atoms with Gasteiger partial charge in [-0.3, -0.25) is 14.4 Å². The lowest BCUT2D eigenvalue weighted by Crippen LogP contribution is -2.30. The van der Waals surface area contributed by atoms with Crippen molar-refractivity contribution in [2.45, 2.75) is 284 Å². The van der Waals surface area contributed by atoms with E-state index in [2.05, 4.69) is 154 Å². The molecule has 0 amide bonds. The second-order valence-electron chi connectivity index (χ2n) is 20.5. The molecule has 0 saturated heterocycles. The van der Waals surface area contributed by atoms with Gasteiger partial charge in [-0.15, -0.1) is 0 Å².